The molecule has 2 aromatic carbocycles. The van der Waals surface area contributed by atoms with Gasteiger partial charge < -0.3 is 20.3 Å². The van der Waals surface area contributed by atoms with E-state index in [-0.39, 0.29) is 18.9 Å². The lowest BCUT2D eigenvalue weighted by molar-refractivity contribution is -0.191. The fourth-order valence-electron chi connectivity index (χ4n) is 4.90. The third-order valence-electron chi connectivity index (χ3n) is 7.10. The Bertz CT molecular complexity index is 1390. The SMILES string of the molecule is COc1cc2c(cc1Nc1ncc(Cl)c(Nc3ccccc3CCC(C)C)n1)CCN(C(=O)C(F)(F)F)C2(C)C. The van der Waals surface area contributed by atoms with Crippen LogP contribution in [0.3, 0.4) is 0 Å². The van der Waals surface area contributed by atoms with Crippen molar-refractivity contribution in [3.63, 3.8) is 0 Å². The van der Waals surface area contributed by atoms with Gasteiger partial charge in [0.15, 0.2) is 5.82 Å². The molecule has 1 aliphatic heterocycles. The lowest BCUT2D eigenvalue weighted by Gasteiger charge is -2.44. The number of hydrogen-bond acceptors (Lipinski definition) is 6. The molecule has 0 bridgehead atoms. The van der Waals surface area contributed by atoms with Gasteiger partial charge in [-0.1, -0.05) is 43.6 Å². The highest BCUT2D eigenvalue weighted by Crippen LogP contribution is 2.42. The first-order chi connectivity index (χ1) is 18.8. The molecule has 1 amide bonds. The van der Waals surface area contributed by atoms with Crippen molar-refractivity contribution in [3.8, 4) is 5.75 Å². The number of anilines is 4. The summed E-state index contributed by atoms with van der Waals surface area (Å²) >= 11 is 6.43. The molecule has 0 radical (unpaired) electrons. The van der Waals surface area contributed by atoms with Crippen molar-refractivity contribution in [2.75, 3.05) is 24.3 Å². The number of halogens is 4. The minimum absolute atomic E-state index is 0.0636. The van der Waals surface area contributed by atoms with Crippen LogP contribution in [-0.4, -0.2) is 40.6 Å². The topological polar surface area (TPSA) is 79.4 Å². The van der Waals surface area contributed by atoms with Gasteiger partial charge in [0, 0.05) is 12.2 Å². The summed E-state index contributed by atoms with van der Waals surface area (Å²) in [7, 11) is 1.46. The van der Waals surface area contributed by atoms with Crippen LogP contribution in [0.4, 0.5) is 36.3 Å². The summed E-state index contributed by atoms with van der Waals surface area (Å²) in [5, 5.41) is 6.83. The molecule has 0 aliphatic carbocycles. The van der Waals surface area contributed by atoms with Gasteiger partial charge in [-0.05, 0) is 73.9 Å². The molecule has 40 heavy (non-hydrogen) atoms. The number of alkyl halides is 3. The number of benzene rings is 2. The van der Waals surface area contributed by atoms with E-state index in [1.165, 1.54) is 13.3 Å². The zero-order valence-corrected chi connectivity index (χ0v) is 23.9. The van der Waals surface area contributed by atoms with Crippen molar-refractivity contribution in [1.82, 2.24) is 14.9 Å². The van der Waals surface area contributed by atoms with Crippen molar-refractivity contribution < 1.29 is 22.7 Å². The molecular weight excluding hydrogens is 543 g/mol. The minimum atomic E-state index is -4.95. The molecule has 2 heterocycles. The molecule has 0 fully saturated rings. The largest absolute Gasteiger partial charge is 0.495 e. The van der Waals surface area contributed by atoms with Gasteiger partial charge in [-0.3, -0.25) is 4.79 Å². The first-order valence-corrected chi connectivity index (χ1v) is 13.4. The Balaban J connectivity index is 1.62. The van der Waals surface area contributed by atoms with Crippen LogP contribution in [0, 0.1) is 5.92 Å². The van der Waals surface area contributed by atoms with Gasteiger partial charge >= 0.3 is 12.1 Å². The Morgan fingerprint density at radius 1 is 1.18 bits per heavy atom. The molecule has 3 aromatic rings. The van der Waals surface area contributed by atoms with Gasteiger partial charge in [0.1, 0.15) is 10.8 Å². The highest BCUT2D eigenvalue weighted by atomic mass is 35.5. The predicted octanol–water partition coefficient (Wildman–Crippen LogP) is 7.40. The monoisotopic (exact) mass is 575 g/mol. The van der Waals surface area contributed by atoms with Crippen molar-refractivity contribution in [2.45, 2.75) is 58.7 Å². The van der Waals surface area contributed by atoms with Gasteiger partial charge in [0.05, 0.1) is 24.5 Å². The Morgan fingerprint density at radius 2 is 1.90 bits per heavy atom. The molecule has 1 aliphatic rings. The average molecular weight is 576 g/mol. The van der Waals surface area contributed by atoms with E-state index in [0.29, 0.717) is 33.8 Å². The lowest BCUT2D eigenvalue weighted by atomic mass is 9.82. The summed E-state index contributed by atoms with van der Waals surface area (Å²) in [5.41, 5.74) is 2.78. The predicted molar refractivity (Wildman–Crippen MR) is 151 cm³/mol. The average Bonchev–Trinajstić information content (AvgIpc) is 2.89. The van der Waals surface area contributed by atoms with Crippen molar-refractivity contribution in [3.05, 3.63) is 64.3 Å². The molecule has 0 atom stereocenters. The van der Waals surface area contributed by atoms with Crippen molar-refractivity contribution in [2.24, 2.45) is 5.92 Å². The van der Waals surface area contributed by atoms with Crippen molar-refractivity contribution >= 4 is 40.6 Å². The van der Waals surface area contributed by atoms with Crippen LogP contribution in [0.5, 0.6) is 5.75 Å². The zero-order valence-electron chi connectivity index (χ0n) is 23.1. The summed E-state index contributed by atoms with van der Waals surface area (Å²) in [6.45, 7) is 7.50. The fourth-order valence-corrected chi connectivity index (χ4v) is 5.04. The summed E-state index contributed by atoms with van der Waals surface area (Å²) in [6, 6.07) is 11.4. The number of aromatic nitrogens is 2. The maximum atomic E-state index is 13.2. The highest BCUT2D eigenvalue weighted by molar-refractivity contribution is 6.32. The number of para-hydroxylation sites is 1. The van der Waals surface area contributed by atoms with Crippen LogP contribution >= 0.6 is 11.6 Å². The summed E-state index contributed by atoms with van der Waals surface area (Å²) in [5.74, 6) is -0.230. The molecular formula is C29H33ClF3N5O2. The molecule has 214 valence electrons. The second-order valence-corrected chi connectivity index (χ2v) is 11.1. The molecule has 1 aromatic heterocycles. The molecule has 11 heteroatoms. The molecule has 0 saturated carbocycles. The van der Waals surface area contributed by atoms with E-state index < -0.39 is 17.6 Å². The maximum Gasteiger partial charge on any atom is 0.471 e. The van der Waals surface area contributed by atoms with E-state index in [0.717, 1.165) is 34.6 Å². The number of ether oxygens (including phenoxy) is 1. The molecule has 0 spiro atoms. The first-order valence-electron chi connectivity index (χ1n) is 13.1. The van der Waals surface area contributed by atoms with Gasteiger partial charge in [-0.15, -0.1) is 0 Å². The Morgan fingerprint density at radius 3 is 2.58 bits per heavy atom. The summed E-state index contributed by atoms with van der Waals surface area (Å²) in [4.78, 5) is 21.9. The smallest absolute Gasteiger partial charge is 0.471 e. The van der Waals surface area contributed by atoms with E-state index in [1.54, 1.807) is 26.0 Å². The van der Waals surface area contributed by atoms with Crippen molar-refractivity contribution in [1.29, 1.82) is 0 Å². The number of rotatable bonds is 8. The Labute approximate surface area is 237 Å². The van der Waals surface area contributed by atoms with Crippen LogP contribution in [0.15, 0.2) is 42.6 Å². The van der Waals surface area contributed by atoms with Gasteiger partial charge in [0.2, 0.25) is 5.95 Å². The standard InChI is InChI=1S/C29H33ClF3N5O2/c1-17(2)10-11-18-8-6-7-9-22(18)35-25-21(30)16-34-27(37-25)36-23-14-19-12-13-38(26(39)29(31,32)33)28(3,4)20(19)15-24(23)40-5/h6-9,14-17H,10-13H2,1-5H3,(H2,34,35,36,37). The minimum Gasteiger partial charge on any atom is -0.495 e. The number of methoxy groups -OCH3 is 1. The van der Waals surface area contributed by atoms with Gasteiger partial charge in [-0.2, -0.15) is 18.2 Å². The molecule has 0 saturated heterocycles. The number of hydrogen-bond donors (Lipinski definition) is 2. The quantitative estimate of drug-likeness (QED) is 0.291. The zero-order chi connectivity index (χ0) is 29.2. The van der Waals surface area contributed by atoms with E-state index in [2.05, 4.69) is 40.5 Å². The number of aryl methyl sites for hydroxylation is 1. The number of nitrogens with zero attached hydrogens (tertiary/aromatic N) is 3. The summed E-state index contributed by atoms with van der Waals surface area (Å²) in [6.07, 6.45) is -1.26. The molecule has 2 N–H and O–H groups in total. The van der Waals surface area contributed by atoms with E-state index in [1.807, 2.05) is 18.2 Å². The number of amides is 1. The van der Waals surface area contributed by atoms with Gasteiger partial charge in [0.25, 0.3) is 0 Å². The van der Waals surface area contributed by atoms with Gasteiger partial charge in [-0.25, -0.2) is 4.98 Å². The molecule has 0 unspecified atom stereocenters. The van der Waals surface area contributed by atoms with E-state index in [4.69, 9.17) is 16.3 Å². The van der Waals surface area contributed by atoms with E-state index >= 15 is 0 Å². The number of carbonyl (C=O) groups excluding carboxylic acids is 1. The van der Waals surface area contributed by atoms with Crippen LogP contribution in [0.25, 0.3) is 0 Å². The molecule has 7 nitrogen and oxygen atoms in total. The third kappa shape index (κ3) is 6.27. The summed E-state index contributed by atoms with van der Waals surface area (Å²) < 4.78 is 45.3. The van der Waals surface area contributed by atoms with Crippen LogP contribution in [0.1, 0.15) is 50.8 Å². The second-order valence-electron chi connectivity index (χ2n) is 10.7. The molecule has 4 rings (SSSR count). The highest BCUT2D eigenvalue weighted by Gasteiger charge is 2.49. The van der Waals surface area contributed by atoms with Crippen LogP contribution in [-0.2, 0) is 23.2 Å². The Kier molecular flexibility index (Phi) is 8.49. The number of carbonyl (C=O) groups is 1. The third-order valence-corrected chi connectivity index (χ3v) is 7.38. The normalized spacial score (nSPS) is 14.6. The fraction of sp³-hybridized carbons (Fsp3) is 0.414. The number of fused-ring (bicyclic) bond motifs is 1. The lowest BCUT2D eigenvalue weighted by Crippen LogP contribution is -2.54. The maximum absolute atomic E-state index is 13.2. The second kappa shape index (κ2) is 11.5. The first kappa shape index (κ1) is 29.5. The van der Waals surface area contributed by atoms with E-state index in [9.17, 15) is 18.0 Å². The van der Waals surface area contributed by atoms with Crippen LogP contribution < -0.4 is 15.4 Å². The Hall–Kier alpha value is -3.53. The van der Waals surface area contributed by atoms with Crippen LogP contribution in [0.2, 0.25) is 5.02 Å². The number of nitrogens with one attached hydrogen (secondary N) is 2.